The predicted octanol–water partition coefficient (Wildman–Crippen LogP) is 3.77. The van der Waals surface area contributed by atoms with Crippen LogP contribution in [0.4, 0.5) is 0 Å². The molecule has 0 fully saturated rings. The molecule has 1 unspecified atom stereocenters. The first-order valence-electron chi connectivity index (χ1n) is 8.50. The van der Waals surface area contributed by atoms with E-state index in [2.05, 4.69) is 5.32 Å². The van der Waals surface area contributed by atoms with E-state index in [1.165, 1.54) is 6.08 Å². The number of nitrogens with one attached hydrogen (secondary N) is 1. The molecule has 0 bridgehead atoms. The minimum absolute atomic E-state index is 0.160. The summed E-state index contributed by atoms with van der Waals surface area (Å²) in [5, 5.41) is 12.8. The van der Waals surface area contributed by atoms with Gasteiger partial charge in [0.2, 0.25) is 5.91 Å². The van der Waals surface area contributed by atoms with Crippen LogP contribution in [0, 0.1) is 12.8 Å². The number of aryl methyl sites for hydroxylation is 1. The van der Waals surface area contributed by atoms with Gasteiger partial charge < -0.3 is 19.6 Å². The van der Waals surface area contributed by atoms with Crippen LogP contribution in [0.3, 0.4) is 0 Å². The normalized spacial score (nSPS) is 13.1. The van der Waals surface area contributed by atoms with E-state index in [9.17, 15) is 14.7 Å². The molecule has 140 valence electrons. The summed E-state index contributed by atoms with van der Waals surface area (Å²) in [5.74, 6) is -0.730. The van der Waals surface area contributed by atoms with E-state index >= 15 is 0 Å². The van der Waals surface area contributed by atoms with Crippen molar-refractivity contribution in [1.29, 1.82) is 0 Å². The third-order valence-corrected chi connectivity index (χ3v) is 4.18. The van der Waals surface area contributed by atoms with Gasteiger partial charge in [-0.1, -0.05) is 13.8 Å². The van der Waals surface area contributed by atoms with Crippen LogP contribution in [0.15, 0.2) is 28.9 Å². The minimum atomic E-state index is -1.04. The van der Waals surface area contributed by atoms with Crippen LogP contribution in [0.1, 0.15) is 38.3 Å². The largest absolute Gasteiger partial charge is 0.496 e. The Bertz CT molecular complexity index is 847. The molecular formula is C20H25NO5. The number of carboxylic acids is 1. The van der Waals surface area contributed by atoms with Gasteiger partial charge in [0.25, 0.3) is 0 Å². The molecule has 0 spiro atoms. The molecule has 1 heterocycles. The maximum absolute atomic E-state index is 12.3. The topological polar surface area (TPSA) is 88.8 Å². The lowest BCUT2D eigenvalue weighted by molar-refractivity contribution is -0.141. The Balaban J connectivity index is 2.30. The average molecular weight is 359 g/mol. The van der Waals surface area contributed by atoms with E-state index < -0.39 is 17.9 Å². The molecule has 1 aromatic carbocycles. The maximum Gasteiger partial charge on any atom is 0.326 e. The minimum Gasteiger partial charge on any atom is -0.496 e. The van der Waals surface area contributed by atoms with Crippen molar-refractivity contribution in [2.24, 2.45) is 5.92 Å². The molecule has 1 atom stereocenters. The number of aliphatic carboxylic acids is 1. The predicted molar refractivity (Wildman–Crippen MR) is 100 cm³/mol. The second-order valence-electron chi connectivity index (χ2n) is 6.82. The van der Waals surface area contributed by atoms with E-state index in [4.69, 9.17) is 9.15 Å². The second kappa shape index (κ2) is 8.08. The number of hydrogen-bond acceptors (Lipinski definition) is 4. The van der Waals surface area contributed by atoms with Crippen LogP contribution in [-0.4, -0.2) is 30.1 Å². The molecule has 0 saturated carbocycles. The maximum atomic E-state index is 12.3. The molecule has 2 aromatic rings. The molecule has 0 radical (unpaired) electrons. The fourth-order valence-corrected chi connectivity index (χ4v) is 2.84. The Kier molecular flexibility index (Phi) is 6.08. The Morgan fingerprint density at radius 1 is 1.35 bits per heavy atom. The number of rotatable bonds is 7. The van der Waals surface area contributed by atoms with Gasteiger partial charge in [-0.15, -0.1) is 0 Å². The number of methoxy groups -OCH3 is 1. The van der Waals surface area contributed by atoms with Gasteiger partial charge in [0.15, 0.2) is 0 Å². The molecule has 0 aliphatic carbocycles. The van der Waals surface area contributed by atoms with Crippen molar-refractivity contribution >= 4 is 28.4 Å². The summed E-state index contributed by atoms with van der Waals surface area (Å²) in [6.07, 6.45) is 3.44. The lowest BCUT2D eigenvalue weighted by Gasteiger charge is -2.16. The Hall–Kier alpha value is -2.76. The number of carbonyl (C=O) groups is 2. The molecule has 26 heavy (non-hydrogen) atoms. The SMILES string of the molecule is COc1cc2occ(C)c2cc1/C(C)=C/C(=O)NC(CC(C)C)C(=O)O. The molecule has 0 saturated heterocycles. The molecule has 6 heteroatoms. The summed E-state index contributed by atoms with van der Waals surface area (Å²) in [6, 6.07) is 2.78. The number of furan rings is 1. The van der Waals surface area contributed by atoms with Crippen molar-refractivity contribution in [2.45, 2.75) is 40.2 Å². The van der Waals surface area contributed by atoms with Gasteiger partial charge in [0, 0.05) is 23.1 Å². The number of carboxylic acid groups (broad SMARTS) is 1. The van der Waals surface area contributed by atoms with Crippen molar-refractivity contribution in [2.75, 3.05) is 7.11 Å². The Labute approximate surface area is 152 Å². The van der Waals surface area contributed by atoms with E-state index in [0.29, 0.717) is 23.3 Å². The lowest BCUT2D eigenvalue weighted by atomic mass is 10.0. The van der Waals surface area contributed by atoms with Crippen molar-refractivity contribution in [3.8, 4) is 5.75 Å². The molecular weight excluding hydrogens is 334 g/mol. The highest BCUT2D eigenvalue weighted by atomic mass is 16.5. The Morgan fingerprint density at radius 3 is 2.62 bits per heavy atom. The Morgan fingerprint density at radius 2 is 2.04 bits per heavy atom. The van der Waals surface area contributed by atoms with Gasteiger partial charge in [-0.05, 0) is 43.4 Å². The van der Waals surface area contributed by atoms with Crippen LogP contribution < -0.4 is 10.1 Å². The van der Waals surface area contributed by atoms with Crippen LogP contribution in [0.25, 0.3) is 16.5 Å². The highest BCUT2D eigenvalue weighted by molar-refractivity contribution is 5.98. The number of allylic oxidation sites excluding steroid dienone is 1. The van der Waals surface area contributed by atoms with Crippen LogP contribution >= 0.6 is 0 Å². The van der Waals surface area contributed by atoms with E-state index in [1.807, 2.05) is 26.8 Å². The summed E-state index contributed by atoms with van der Waals surface area (Å²) < 4.78 is 10.9. The van der Waals surface area contributed by atoms with Crippen molar-refractivity contribution in [3.05, 3.63) is 35.6 Å². The van der Waals surface area contributed by atoms with Crippen LogP contribution in [0.5, 0.6) is 5.75 Å². The van der Waals surface area contributed by atoms with Gasteiger partial charge in [-0.2, -0.15) is 0 Å². The molecule has 1 amide bonds. The van der Waals surface area contributed by atoms with Crippen molar-refractivity contribution in [3.63, 3.8) is 0 Å². The third-order valence-electron chi connectivity index (χ3n) is 4.18. The number of fused-ring (bicyclic) bond motifs is 1. The summed E-state index contributed by atoms with van der Waals surface area (Å²) in [7, 11) is 1.55. The number of hydrogen-bond donors (Lipinski definition) is 2. The van der Waals surface area contributed by atoms with Crippen molar-refractivity contribution in [1.82, 2.24) is 5.32 Å². The fourth-order valence-electron chi connectivity index (χ4n) is 2.84. The van der Waals surface area contributed by atoms with E-state index in [0.717, 1.165) is 16.5 Å². The monoisotopic (exact) mass is 359 g/mol. The molecule has 2 rings (SSSR count). The second-order valence-corrected chi connectivity index (χ2v) is 6.82. The van der Waals surface area contributed by atoms with Crippen molar-refractivity contribution < 1.29 is 23.8 Å². The number of ether oxygens (including phenoxy) is 1. The standard InChI is InChI=1S/C20H25NO5/c1-11(2)6-16(20(23)24)21-19(22)7-12(3)14-8-15-13(4)10-26-18(15)9-17(14)25-5/h7-11,16H,6H2,1-5H3,(H,21,22)(H,23,24)/b12-7+. The molecule has 1 aromatic heterocycles. The lowest BCUT2D eigenvalue weighted by Crippen LogP contribution is -2.40. The summed E-state index contributed by atoms with van der Waals surface area (Å²) >= 11 is 0. The first kappa shape index (κ1) is 19.6. The zero-order chi connectivity index (χ0) is 19.4. The van der Waals surface area contributed by atoms with E-state index in [-0.39, 0.29) is 5.92 Å². The van der Waals surface area contributed by atoms with Gasteiger partial charge in [0.05, 0.1) is 13.4 Å². The summed E-state index contributed by atoms with van der Waals surface area (Å²) in [5.41, 5.74) is 3.14. The number of carbonyl (C=O) groups excluding carboxylic acids is 1. The molecule has 6 nitrogen and oxygen atoms in total. The number of benzene rings is 1. The average Bonchev–Trinajstić information content (AvgIpc) is 2.92. The highest BCUT2D eigenvalue weighted by Gasteiger charge is 2.20. The van der Waals surface area contributed by atoms with E-state index in [1.54, 1.807) is 26.4 Å². The first-order chi connectivity index (χ1) is 12.2. The third kappa shape index (κ3) is 4.45. The van der Waals surface area contributed by atoms with Gasteiger partial charge in [-0.3, -0.25) is 4.79 Å². The molecule has 0 aliphatic rings. The highest BCUT2D eigenvalue weighted by Crippen LogP contribution is 2.33. The summed E-state index contributed by atoms with van der Waals surface area (Å²) in [6.45, 7) is 7.56. The van der Waals surface area contributed by atoms with Gasteiger partial charge in [0.1, 0.15) is 17.4 Å². The smallest absolute Gasteiger partial charge is 0.326 e. The fraction of sp³-hybridized carbons (Fsp3) is 0.400. The van der Waals surface area contributed by atoms with Gasteiger partial charge >= 0.3 is 5.97 Å². The molecule has 0 aliphatic heterocycles. The molecule has 2 N–H and O–H groups in total. The van der Waals surface area contributed by atoms with Crippen LogP contribution in [-0.2, 0) is 9.59 Å². The number of amides is 1. The first-order valence-corrected chi connectivity index (χ1v) is 8.50. The quantitative estimate of drug-likeness (QED) is 0.735. The summed E-state index contributed by atoms with van der Waals surface area (Å²) in [4.78, 5) is 23.6. The zero-order valence-electron chi connectivity index (χ0n) is 15.8. The zero-order valence-corrected chi connectivity index (χ0v) is 15.8. The van der Waals surface area contributed by atoms with Gasteiger partial charge in [-0.25, -0.2) is 4.79 Å². The van der Waals surface area contributed by atoms with Crippen LogP contribution in [0.2, 0.25) is 0 Å².